The molecule has 0 radical (unpaired) electrons. The van der Waals surface area contributed by atoms with E-state index in [1.807, 2.05) is 42.5 Å². The summed E-state index contributed by atoms with van der Waals surface area (Å²) >= 11 is 0.984. The summed E-state index contributed by atoms with van der Waals surface area (Å²) in [7, 11) is 0. The van der Waals surface area contributed by atoms with Crippen molar-refractivity contribution in [2.45, 2.75) is 19.9 Å². The third-order valence-corrected chi connectivity index (χ3v) is 5.97. The molecule has 0 aliphatic carbocycles. The summed E-state index contributed by atoms with van der Waals surface area (Å²) in [6.07, 6.45) is 0. The van der Waals surface area contributed by atoms with Crippen LogP contribution < -0.4 is 15.4 Å². The molecular weight excluding hydrogens is 416 g/mol. The van der Waals surface area contributed by atoms with Crippen LogP contribution >= 0.6 is 11.8 Å². The molecule has 7 nitrogen and oxygen atoms in total. The number of carbonyl (C=O) groups is 3. The van der Waals surface area contributed by atoms with E-state index in [4.69, 9.17) is 15.2 Å². The highest BCUT2D eigenvalue weighted by molar-refractivity contribution is 8.07. The number of hydrogen-bond acceptors (Lipinski definition) is 8. The minimum absolute atomic E-state index is 0.117. The van der Waals surface area contributed by atoms with Gasteiger partial charge in [-0.05, 0) is 32.0 Å². The second-order valence-electron chi connectivity index (χ2n) is 6.87. The van der Waals surface area contributed by atoms with Crippen molar-refractivity contribution < 1.29 is 23.9 Å². The fraction of sp³-hybridized carbons (Fsp3) is 0.174. The molecule has 2 aliphatic heterocycles. The van der Waals surface area contributed by atoms with Gasteiger partial charge in [0.25, 0.3) is 0 Å². The molecule has 0 saturated carbocycles. The van der Waals surface area contributed by atoms with Gasteiger partial charge in [0.15, 0.2) is 5.78 Å². The SMILES string of the molecule is CCOC(=O)/C(C(C)=O)=C1\SC(N)=C2C(=O)Oc3ccccc3C2N1c1ccccc1. The van der Waals surface area contributed by atoms with E-state index in [1.54, 1.807) is 24.0 Å². The van der Waals surface area contributed by atoms with Gasteiger partial charge in [0, 0.05) is 11.3 Å². The number of hydrogen-bond donors (Lipinski definition) is 1. The maximum atomic E-state index is 12.9. The number of para-hydroxylation sites is 2. The average Bonchev–Trinajstić information content (AvgIpc) is 2.74. The van der Waals surface area contributed by atoms with Crippen LogP contribution in [0.15, 0.2) is 75.8 Å². The van der Waals surface area contributed by atoms with Crippen LogP contribution in [0.3, 0.4) is 0 Å². The summed E-state index contributed by atoms with van der Waals surface area (Å²) in [5, 5.41) is 0.489. The maximum absolute atomic E-state index is 12.9. The second kappa shape index (κ2) is 8.31. The van der Waals surface area contributed by atoms with E-state index in [2.05, 4.69) is 0 Å². The smallest absolute Gasteiger partial charge is 0.344 e. The molecule has 2 aliphatic rings. The van der Waals surface area contributed by atoms with Crippen molar-refractivity contribution in [1.29, 1.82) is 0 Å². The predicted molar refractivity (Wildman–Crippen MR) is 117 cm³/mol. The first-order chi connectivity index (χ1) is 14.9. The number of anilines is 1. The van der Waals surface area contributed by atoms with E-state index in [9.17, 15) is 14.4 Å². The molecule has 8 heteroatoms. The third kappa shape index (κ3) is 3.59. The van der Waals surface area contributed by atoms with Crippen molar-refractivity contribution in [3.8, 4) is 5.75 Å². The van der Waals surface area contributed by atoms with Crippen molar-refractivity contribution in [2.24, 2.45) is 5.73 Å². The number of fused-ring (bicyclic) bond motifs is 3. The van der Waals surface area contributed by atoms with Gasteiger partial charge in [-0.2, -0.15) is 0 Å². The van der Waals surface area contributed by atoms with Gasteiger partial charge in [0.2, 0.25) is 0 Å². The Balaban J connectivity index is 2.05. The number of nitrogens with two attached hydrogens (primary N) is 1. The van der Waals surface area contributed by atoms with Gasteiger partial charge in [-0.25, -0.2) is 9.59 Å². The normalized spacial score (nSPS) is 19.2. The van der Waals surface area contributed by atoms with Crippen LogP contribution in [-0.2, 0) is 19.1 Å². The van der Waals surface area contributed by atoms with Crippen molar-refractivity contribution in [2.75, 3.05) is 11.5 Å². The lowest BCUT2D eigenvalue weighted by molar-refractivity contribution is -0.139. The van der Waals surface area contributed by atoms with E-state index >= 15 is 0 Å². The maximum Gasteiger partial charge on any atom is 0.344 e. The molecule has 0 fully saturated rings. The monoisotopic (exact) mass is 436 g/mol. The quantitative estimate of drug-likeness (QED) is 0.256. The minimum Gasteiger partial charge on any atom is -0.462 e. The lowest BCUT2D eigenvalue weighted by Gasteiger charge is -2.42. The largest absolute Gasteiger partial charge is 0.462 e. The van der Waals surface area contributed by atoms with Crippen LogP contribution in [0.25, 0.3) is 0 Å². The first kappa shape index (κ1) is 20.7. The first-order valence-electron chi connectivity index (χ1n) is 9.69. The molecule has 158 valence electrons. The van der Waals surface area contributed by atoms with Crippen molar-refractivity contribution >= 4 is 35.2 Å². The van der Waals surface area contributed by atoms with E-state index in [1.165, 1.54) is 6.92 Å². The molecule has 0 saturated heterocycles. The van der Waals surface area contributed by atoms with Crippen LogP contribution in [0.2, 0.25) is 0 Å². The zero-order chi connectivity index (χ0) is 22.1. The molecule has 0 aromatic heterocycles. The van der Waals surface area contributed by atoms with E-state index < -0.39 is 23.8 Å². The summed E-state index contributed by atoms with van der Waals surface area (Å²) < 4.78 is 10.7. The molecule has 2 aromatic rings. The highest BCUT2D eigenvalue weighted by Gasteiger charge is 2.45. The van der Waals surface area contributed by atoms with E-state index in [0.717, 1.165) is 11.8 Å². The van der Waals surface area contributed by atoms with Crippen molar-refractivity contribution in [3.05, 3.63) is 81.4 Å². The molecule has 2 heterocycles. The molecule has 0 bridgehead atoms. The topological polar surface area (TPSA) is 98.9 Å². The zero-order valence-corrected chi connectivity index (χ0v) is 17.8. The summed E-state index contributed by atoms with van der Waals surface area (Å²) in [6, 6.07) is 15.7. The van der Waals surface area contributed by atoms with Crippen LogP contribution in [0.4, 0.5) is 5.69 Å². The van der Waals surface area contributed by atoms with Crippen LogP contribution in [-0.4, -0.2) is 24.3 Å². The summed E-state index contributed by atoms with van der Waals surface area (Å²) in [4.78, 5) is 39.9. The molecule has 0 spiro atoms. The number of nitrogens with zero attached hydrogens (tertiary/aromatic N) is 1. The Morgan fingerprint density at radius 2 is 1.81 bits per heavy atom. The van der Waals surface area contributed by atoms with Gasteiger partial charge in [-0.1, -0.05) is 48.2 Å². The third-order valence-electron chi connectivity index (χ3n) is 4.94. The molecule has 1 unspecified atom stereocenters. The molecule has 0 amide bonds. The molecular formula is C23H20N2O5S. The zero-order valence-electron chi connectivity index (χ0n) is 17.0. The Hall–Kier alpha value is -3.52. The van der Waals surface area contributed by atoms with Crippen molar-refractivity contribution in [1.82, 2.24) is 0 Å². The highest BCUT2D eigenvalue weighted by Crippen LogP contribution is 2.52. The number of thioether (sulfide) groups is 1. The molecule has 2 N–H and O–H groups in total. The fourth-order valence-corrected chi connectivity index (χ4v) is 4.81. The molecule has 1 atom stereocenters. The summed E-state index contributed by atoms with van der Waals surface area (Å²) in [5.74, 6) is -1.35. The average molecular weight is 436 g/mol. The van der Waals surface area contributed by atoms with Crippen molar-refractivity contribution in [3.63, 3.8) is 0 Å². The van der Waals surface area contributed by atoms with Gasteiger partial charge >= 0.3 is 11.9 Å². The second-order valence-corrected chi connectivity index (χ2v) is 7.90. The Bertz CT molecular complexity index is 1140. The molecule has 31 heavy (non-hydrogen) atoms. The fourth-order valence-electron chi connectivity index (χ4n) is 3.66. The Kier molecular flexibility index (Phi) is 5.56. The summed E-state index contributed by atoms with van der Waals surface area (Å²) in [5.41, 5.74) is 7.84. The van der Waals surface area contributed by atoms with Crippen LogP contribution in [0.1, 0.15) is 25.5 Å². The standard InChI is InChI=1S/C23H20N2O5S/c1-3-29-22(27)17(13(2)26)21-25(14-9-5-4-6-10-14)19-15-11-7-8-12-16(15)30-23(28)18(19)20(24)31-21/h4-12,19H,3,24H2,1-2H3/b21-17-. The number of esters is 2. The first-order valence-corrected chi connectivity index (χ1v) is 10.5. The lowest BCUT2D eigenvalue weighted by atomic mass is 9.93. The number of benzene rings is 2. The van der Waals surface area contributed by atoms with E-state index in [-0.39, 0.29) is 22.8 Å². The van der Waals surface area contributed by atoms with Gasteiger partial charge in [0.05, 0.1) is 23.3 Å². The Labute approximate surface area is 183 Å². The Morgan fingerprint density at radius 3 is 2.48 bits per heavy atom. The predicted octanol–water partition coefficient (Wildman–Crippen LogP) is 3.43. The number of Topliss-reactive ketones (excluding diaryl/α,β-unsaturated/α-hetero) is 1. The molecule has 4 rings (SSSR count). The Morgan fingerprint density at radius 1 is 1.13 bits per heavy atom. The van der Waals surface area contributed by atoms with Gasteiger partial charge < -0.3 is 20.1 Å². The highest BCUT2D eigenvalue weighted by atomic mass is 32.2. The van der Waals surface area contributed by atoms with Gasteiger partial charge in [-0.15, -0.1) is 0 Å². The number of ether oxygens (including phenoxy) is 2. The molecule has 2 aromatic carbocycles. The minimum atomic E-state index is -0.735. The number of carbonyl (C=O) groups excluding carboxylic acids is 3. The summed E-state index contributed by atoms with van der Waals surface area (Å²) in [6.45, 7) is 3.10. The van der Waals surface area contributed by atoms with E-state index in [0.29, 0.717) is 22.0 Å². The van der Waals surface area contributed by atoms with Crippen LogP contribution in [0, 0.1) is 0 Å². The number of ketones is 1. The van der Waals surface area contributed by atoms with Crippen LogP contribution in [0.5, 0.6) is 5.75 Å². The van der Waals surface area contributed by atoms with Gasteiger partial charge in [-0.3, -0.25) is 4.79 Å². The van der Waals surface area contributed by atoms with Gasteiger partial charge in [0.1, 0.15) is 16.4 Å². The lowest BCUT2D eigenvalue weighted by Crippen LogP contribution is -2.41. The number of rotatable bonds is 4.